The molecule has 35 heavy (non-hydrogen) atoms. The zero-order valence-electron chi connectivity index (χ0n) is 19.5. The number of aromatic nitrogens is 4. The number of imidazole rings is 1. The molecule has 10 nitrogen and oxygen atoms in total. The van der Waals surface area contributed by atoms with Gasteiger partial charge < -0.3 is 18.8 Å². The Morgan fingerprint density at radius 2 is 1.71 bits per heavy atom. The van der Waals surface area contributed by atoms with E-state index in [0.29, 0.717) is 24.5 Å². The third kappa shape index (κ3) is 5.17. The smallest absolute Gasteiger partial charge is 0.333 e. The van der Waals surface area contributed by atoms with Crippen molar-refractivity contribution >= 4 is 17.1 Å². The van der Waals surface area contributed by atoms with Crippen molar-refractivity contribution in [3.63, 3.8) is 0 Å². The standard InChI is InChI=1S/C25H26N4O6/c1-33-13-12-27-17-26-23-22(27)24(31)29(25(32)28(23)14-18-8-4-3-5-9-18)15-21(30)35-16-19-10-6-7-11-20(19)34-2/h3-11,17H,12-16H2,1-2H3. The highest BCUT2D eigenvalue weighted by molar-refractivity contribution is 5.72. The summed E-state index contributed by atoms with van der Waals surface area (Å²) in [4.78, 5) is 43.7. The molecule has 182 valence electrons. The van der Waals surface area contributed by atoms with E-state index in [4.69, 9.17) is 14.2 Å². The molecule has 0 radical (unpaired) electrons. The maximum absolute atomic E-state index is 13.4. The molecule has 0 aliphatic carbocycles. The monoisotopic (exact) mass is 478 g/mol. The van der Waals surface area contributed by atoms with Gasteiger partial charge in [-0.3, -0.25) is 14.2 Å². The second-order valence-electron chi connectivity index (χ2n) is 7.82. The number of hydrogen-bond donors (Lipinski definition) is 0. The lowest BCUT2D eigenvalue weighted by molar-refractivity contribution is -0.145. The third-order valence-electron chi connectivity index (χ3n) is 5.57. The van der Waals surface area contributed by atoms with Crippen LogP contribution >= 0.6 is 0 Å². The minimum Gasteiger partial charge on any atom is -0.496 e. The van der Waals surface area contributed by atoms with E-state index in [1.165, 1.54) is 18.0 Å². The molecule has 0 fully saturated rings. The molecule has 0 bridgehead atoms. The molecular formula is C25H26N4O6. The lowest BCUT2D eigenvalue weighted by Gasteiger charge is -2.13. The van der Waals surface area contributed by atoms with Gasteiger partial charge in [-0.15, -0.1) is 0 Å². The molecule has 0 aliphatic rings. The van der Waals surface area contributed by atoms with Crippen LogP contribution in [0.3, 0.4) is 0 Å². The molecule has 10 heteroatoms. The van der Waals surface area contributed by atoms with Crippen molar-refractivity contribution in [1.82, 2.24) is 18.7 Å². The minimum atomic E-state index is -0.719. The van der Waals surface area contributed by atoms with Crippen molar-refractivity contribution in [3.05, 3.63) is 92.9 Å². The van der Waals surface area contributed by atoms with E-state index in [0.717, 1.165) is 10.1 Å². The number of benzene rings is 2. The molecule has 0 spiro atoms. The maximum atomic E-state index is 13.4. The average Bonchev–Trinajstić information content (AvgIpc) is 3.31. The van der Waals surface area contributed by atoms with Crippen LogP contribution in [0.1, 0.15) is 11.1 Å². The lowest BCUT2D eigenvalue weighted by Crippen LogP contribution is -2.42. The van der Waals surface area contributed by atoms with E-state index in [2.05, 4.69) is 4.98 Å². The normalized spacial score (nSPS) is 11.0. The summed E-state index contributed by atoms with van der Waals surface area (Å²) in [6.45, 7) is 0.318. The lowest BCUT2D eigenvalue weighted by atomic mass is 10.2. The molecule has 0 unspecified atom stereocenters. The van der Waals surface area contributed by atoms with Gasteiger partial charge in [0.15, 0.2) is 11.2 Å². The van der Waals surface area contributed by atoms with Crippen LogP contribution in [0.15, 0.2) is 70.5 Å². The Balaban J connectivity index is 1.70. The fourth-order valence-electron chi connectivity index (χ4n) is 3.80. The summed E-state index contributed by atoms with van der Waals surface area (Å²) in [5.41, 5.74) is 0.736. The SMILES string of the molecule is COCCn1cnc2c1c(=O)n(CC(=O)OCc1ccccc1OC)c(=O)n2Cc1ccccc1. The van der Waals surface area contributed by atoms with E-state index < -0.39 is 23.8 Å². The molecule has 4 rings (SSSR count). The molecule has 0 atom stereocenters. The van der Waals surface area contributed by atoms with Crippen LogP contribution in [0, 0.1) is 0 Å². The molecule has 0 amide bonds. The second kappa shape index (κ2) is 10.8. The van der Waals surface area contributed by atoms with Crippen LogP contribution in [-0.4, -0.2) is 45.5 Å². The predicted octanol–water partition coefficient (Wildman–Crippen LogP) is 1.81. The summed E-state index contributed by atoms with van der Waals surface area (Å²) in [5.74, 6) is -0.144. The van der Waals surface area contributed by atoms with Crippen molar-refractivity contribution < 1.29 is 19.0 Å². The van der Waals surface area contributed by atoms with Gasteiger partial charge in [0.25, 0.3) is 5.56 Å². The van der Waals surface area contributed by atoms with E-state index in [9.17, 15) is 14.4 Å². The zero-order valence-corrected chi connectivity index (χ0v) is 19.5. The van der Waals surface area contributed by atoms with Crippen molar-refractivity contribution in [2.24, 2.45) is 0 Å². The van der Waals surface area contributed by atoms with Gasteiger partial charge in [-0.1, -0.05) is 48.5 Å². The first kappa shape index (κ1) is 24.0. The van der Waals surface area contributed by atoms with E-state index in [-0.39, 0.29) is 24.3 Å². The van der Waals surface area contributed by atoms with Crippen LogP contribution in [0.25, 0.3) is 11.2 Å². The number of rotatable bonds is 10. The maximum Gasteiger partial charge on any atom is 0.333 e. The van der Waals surface area contributed by atoms with Gasteiger partial charge in [-0.25, -0.2) is 14.3 Å². The fourth-order valence-corrected chi connectivity index (χ4v) is 3.80. The number of para-hydroxylation sites is 1. The topological polar surface area (TPSA) is 107 Å². The first-order chi connectivity index (χ1) is 17.0. The molecule has 0 N–H and O–H groups in total. The van der Waals surface area contributed by atoms with E-state index in [1.54, 1.807) is 35.9 Å². The summed E-state index contributed by atoms with van der Waals surface area (Å²) >= 11 is 0. The van der Waals surface area contributed by atoms with E-state index in [1.807, 2.05) is 30.3 Å². The van der Waals surface area contributed by atoms with Crippen molar-refractivity contribution in [2.45, 2.75) is 26.2 Å². The Bertz CT molecular complexity index is 1440. The quantitative estimate of drug-likeness (QED) is 0.320. The molecule has 2 aromatic heterocycles. The first-order valence-electron chi connectivity index (χ1n) is 11.0. The third-order valence-corrected chi connectivity index (χ3v) is 5.57. The van der Waals surface area contributed by atoms with Crippen LogP contribution in [-0.2, 0) is 40.5 Å². The Labute approximate surface area is 200 Å². The number of fused-ring (bicyclic) bond motifs is 1. The molecule has 0 aliphatic heterocycles. The Morgan fingerprint density at radius 1 is 0.971 bits per heavy atom. The van der Waals surface area contributed by atoms with Gasteiger partial charge in [-0.05, 0) is 11.6 Å². The summed E-state index contributed by atoms with van der Waals surface area (Å²) in [5, 5.41) is 0. The molecule has 0 saturated heterocycles. The molecular weight excluding hydrogens is 452 g/mol. The summed E-state index contributed by atoms with van der Waals surface area (Å²) in [7, 11) is 3.08. The number of carbonyl (C=O) groups excluding carboxylic acids is 1. The zero-order chi connectivity index (χ0) is 24.8. The second-order valence-corrected chi connectivity index (χ2v) is 7.82. The van der Waals surface area contributed by atoms with E-state index >= 15 is 0 Å². The largest absolute Gasteiger partial charge is 0.496 e. The predicted molar refractivity (Wildman–Crippen MR) is 128 cm³/mol. The molecule has 4 aromatic rings. The Kier molecular flexibility index (Phi) is 7.41. The number of esters is 1. The van der Waals surface area contributed by atoms with Gasteiger partial charge >= 0.3 is 11.7 Å². The van der Waals surface area contributed by atoms with Gasteiger partial charge in [0, 0.05) is 19.2 Å². The van der Waals surface area contributed by atoms with Crippen molar-refractivity contribution in [3.8, 4) is 5.75 Å². The number of nitrogens with zero attached hydrogens (tertiary/aromatic N) is 4. The highest BCUT2D eigenvalue weighted by Gasteiger charge is 2.20. The summed E-state index contributed by atoms with van der Waals surface area (Å²) in [6.07, 6.45) is 1.50. The van der Waals surface area contributed by atoms with Gasteiger partial charge in [-0.2, -0.15) is 0 Å². The fraction of sp³-hybridized carbons (Fsp3) is 0.280. The van der Waals surface area contributed by atoms with Crippen LogP contribution in [0.4, 0.5) is 0 Å². The van der Waals surface area contributed by atoms with Crippen molar-refractivity contribution in [1.29, 1.82) is 0 Å². The Morgan fingerprint density at radius 3 is 2.46 bits per heavy atom. The Hall–Kier alpha value is -4.18. The number of carbonyl (C=O) groups is 1. The van der Waals surface area contributed by atoms with Crippen LogP contribution < -0.4 is 16.0 Å². The summed E-state index contributed by atoms with van der Waals surface area (Å²) in [6, 6.07) is 16.5. The van der Waals surface area contributed by atoms with Gasteiger partial charge in [0.2, 0.25) is 0 Å². The highest BCUT2D eigenvalue weighted by Crippen LogP contribution is 2.18. The molecule has 2 heterocycles. The summed E-state index contributed by atoms with van der Waals surface area (Å²) < 4.78 is 19.7. The van der Waals surface area contributed by atoms with Crippen molar-refractivity contribution in [2.75, 3.05) is 20.8 Å². The number of hydrogen-bond acceptors (Lipinski definition) is 7. The molecule has 0 saturated carbocycles. The number of methoxy groups -OCH3 is 2. The minimum absolute atomic E-state index is 0.0518. The highest BCUT2D eigenvalue weighted by atomic mass is 16.5. The average molecular weight is 479 g/mol. The van der Waals surface area contributed by atoms with Gasteiger partial charge in [0.1, 0.15) is 18.9 Å². The molecule has 2 aromatic carbocycles. The first-order valence-corrected chi connectivity index (χ1v) is 11.0. The van der Waals surface area contributed by atoms with Crippen LogP contribution in [0.5, 0.6) is 5.75 Å². The number of ether oxygens (including phenoxy) is 3. The van der Waals surface area contributed by atoms with Crippen LogP contribution in [0.2, 0.25) is 0 Å². The van der Waals surface area contributed by atoms with Gasteiger partial charge in [0.05, 0.1) is 26.6 Å².